The van der Waals surface area contributed by atoms with Crippen molar-refractivity contribution >= 4 is 0 Å². The van der Waals surface area contributed by atoms with Crippen LogP contribution in [-0.4, -0.2) is 168 Å². The van der Waals surface area contributed by atoms with Crippen molar-refractivity contribution in [1.29, 1.82) is 0 Å². The highest BCUT2D eigenvalue weighted by atomic mass is 16.8. The van der Waals surface area contributed by atoms with Crippen LogP contribution in [0.5, 0.6) is 0 Å². The maximum absolute atomic E-state index is 10.6. The van der Waals surface area contributed by atoms with Gasteiger partial charge in [0, 0.05) is 0 Å². The van der Waals surface area contributed by atoms with E-state index in [9.17, 15) is 56.2 Å². The third-order valence-electron chi connectivity index (χ3n) is 6.18. The van der Waals surface area contributed by atoms with Gasteiger partial charge in [-0.1, -0.05) is 0 Å². The Kier molecular flexibility index (Phi) is 9.18. The minimum absolute atomic E-state index is 0.742. The molecule has 3 aliphatic heterocycles. The molecule has 0 amide bonds. The van der Waals surface area contributed by atoms with E-state index in [-0.39, 0.29) is 0 Å². The van der Waals surface area contributed by atoms with Crippen molar-refractivity contribution in [2.75, 3.05) is 26.4 Å². The molecule has 0 aromatic carbocycles. The molecule has 0 aromatic heterocycles. The molecule has 3 rings (SSSR count). The Hall–Kier alpha value is -0.640. The second kappa shape index (κ2) is 11.2. The average molecular weight is 504 g/mol. The Morgan fingerprint density at radius 2 is 1.15 bits per heavy atom. The van der Waals surface area contributed by atoms with Gasteiger partial charge in [0.25, 0.3) is 0 Å². The Morgan fingerprint density at radius 1 is 0.588 bits per heavy atom. The summed E-state index contributed by atoms with van der Waals surface area (Å²) in [5.41, 5.74) is 0. The normalized spacial score (nSPS) is 52.1. The Morgan fingerprint density at radius 3 is 1.68 bits per heavy atom. The van der Waals surface area contributed by atoms with E-state index in [2.05, 4.69) is 0 Å². The molecule has 8 unspecified atom stereocenters. The lowest BCUT2D eigenvalue weighted by Crippen LogP contribution is -2.66. The second-order valence-electron chi connectivity index (χ2n) is 8.37. The molecule has 0 aliphatic carbocycles. The fraction of sp³-hybridized carbons (Fsp3) is 1.00. The molecular weight excluding hydrogens is 472 g/mol. The number of hydrogen-bond donors (Lipinski definition) is 11. The van der Waals surface area contributed by atoms with E-state index >= 15 is 0 Å². The molecule has 0 spiro atoms. The number of rotatable bonds is 8. The van der Waals surface area contributed by atoms with E-state index in [4.69, 9.17) is 23.7 Å². The zero-order valence-electron chi connectivity index (χ0n) is 17.8. The van der Waals surface area contributed by atoms with Crippen molar-refractivity contribution in [3.8, 4) is 0 Å². The van der Waals surface area contributed by atoms with Crippen LogP contribution in [0.2, 0.25) is 0 Å². The van der Waals surface area contributed by atoms with Crippen molar-refractivity contribution < 1.29 is 79.9 Å². The van der Waals surface area contributed by atoms with Crippen molar-refractivity contribution in [1.82, 2.24) is 0 Å². The predicted molar refractivity (Wildman–Crippen MR) is 101 cm³/mol. The third-order valence-corrected chi connectivity index (χ3v) is 6.18. The molecule has 16 heteroatoms. The molecule has 16 nitrogen and oxygen atoms in total. The highest BCUT2D eigenvalue weighted by molar-refractivity contribution is 4.99. The monoisotopic (exact) mass is 504 g/mol. The SMILES string of the molecule is OCC1O[C@@H](OC2[C@H](O)C(O)C(OC3(CO)O[C@H](CO)C(O)[C@@H]3O)O[C@@H]2CO)[C@H](O)C(O)C1O. The van der Waals surface area contributed by atoms with Crippen LogP contribution in [-0.2, 0) is 23.7 Å². The fourth-order valence-electron chi connectivity index (χ4n) is 4.12. The summed E-state index contributed by atoms with van der Waals surface area (Å²) in [5, 5.41) is 109. The molecular formula is C18H32O16. The fourth-order valence-corrected chi connectivity index (χ4v) is 4.12. The van der Waals surface area contributed by atoms with Gasteiger partial charge >= 0.3 is 0 Å². The van der Waals surface area contributed by atoms with Gasteiger partial charge in [-0.15, -0.1) is 0 Å². The van der Waals surface area contributed by atoms with Crippen molar-refractivity contribution in [3.63, 3.8) is 0 Å². The third kappa shape index (κ3) is 4.96. The molecule has 11 N–H and O–H groups in total. The highest BCUT2D eigenvalue weighted by Gasteiger charge is 2.59. The first-order valence-corrected chi connectivity index (χ1v) is 10.6. The van der Waals surface area contributed by atoms with E-state index in [1.165, 1.54) is 0 Å². The molecule has 3 heterocycles. The lowest BCUT2D eigenvalue weighted by Gasteiger charge is -2.47. The van der Waals surface area contributed by atoms with Gasteiger partial charge in [0.2, 0.25) is 5.79 Å². The van der Waals surface area contributed by atoms with Crippen LogP contribution >= 0.6 is 0 Å². The maximum Gasteiger partial charge on any atom is 0.224 e. The van der Waals surface area contributed by atoms with E-state index in [0.717, 1.165) is 0 Å². The lowest BCUT2D eigenvalue weighted by atomic mass is 9.97. The smallest absolute Gasteiger partial charge is 0.224 e. The summed E-state index contributed by atoms with van der Waals surface area (Å²) in [6, 6.07) is 0. The number of aliphatic hydroxyl groups excluding tert-OH is 11. The quantitative estimate of drug-likeness (QED) is 0.146. The minimum atomic E-state index is -2.36. The number of hydrogen-bond acceptors (Lipinski definition) is 16. The summed E-state index contributed by atoms with van der Waals surface area (Å²) in [7, 11) is 0. The summed E-state index contributed by atoms with van der Waals surface area (Å²) < 4.78 is 26.6. The van der Waals surface area contributed by atoms with E-state index < -0.39 is 112 Å². The van der Waals surface area contributed by atoms with Crippen LogP contribution in [0.15, 0.2) is 0 Å². The van der Waals surface area contributed by atoms with Gasteiger partial charge in [0.1, 0.15) is 73.8 Å². The average Bonchev–Trinajstić information content (AvgIpc) is 3.08. The Balaban J connectivity index is 1.74. The largest absolute Gasteiger partial charge is 0.394 e. The van der Waals surface area contributed by atoms with Crippen LogP contribution in [0.3, 0.4) is 0 Å². The zero-order valence-corrected chi connectivity index (χ0v) is 17.8. The molecule has 3 saturated heterocycles. The van der Waals surface area contributed by atoms with Gasteiger partial charge in [-0.05, 0) is 0 Å². The molecule has 34 heavy (non-hydrogen) atoms. The van der Waals surface area contributed by atoms with Gasteiger partial charge in [-0.3, -0.25) is 0 Å². The molecule has 14 atom stereocenters. The first-order chi connectivity index (χ1) is 16.0. The summed E-state index contributed by atoms with van der Waals surface area (Å²) >= 11 is 0. The Bertz CT molecular complexity index is 651. The predicted octanol–water partition coefficient (Wildman–Crippen LogP) is -7.57. The molecule has 0 radical (unpaired) electrons. The molecule has 3 aliphatic rings. The summed E-state index contributed by atoms with van der Waals surface area (Å²) in [6.45, 7) is -3.39. The maximum atomic E-state index is 10.6. The first kappa shape index (κ1) is 27.9. The standard InChI is InChI=1S/C18H32O16/c19-1-5-8(23)10(25)12(27)16(30-5)32-14-7(3-21)31-17(13(28)11(14)26)34-18(4-22)15(29)9(24)6(2-20)33-18/h5-17,19-29H,1-4H2/t5?,6-,7-,8?,9?,10?,11-,12-,13?,14?,15+,16+,17?,18?/m1/s1. The minimum Gasteiger partial charge on any atom is -0.394 e. The molecule has 0 saturated carbocycles. The van der Waals surface area contributed by atoms with Crippen LogP contribution in [0.1, 0.15) is 0 Å². The van der Waals surface area contributed by atoms with Crippen molar-refractivity contribution in [2.24, 2.45) is 0 Å². The molecule has 3 fully saturated rings. The van der Waals surface area contributed by atoms with Gasteiger partial charge in [-0.2, -0.15) is 0 Å². The van der Waals surface area contributed by atoms with Gasteiger partial charge in [-0.25, -0.2) is 0 Å². The van der Waals surface area contributed by atoms with Crippen LogP contribution in [0.25, 0.3) is 0 Å². The van der Waals surface area contributed by atoms with Crippen LogP contribution < -0.4 is 0 Å². The molecule has 200 valence electrons. The summed E-state index contributed by atoms with van der Waals surface area (Å²) in [5.74, 6) is -2.36. The number of aliphatic hydroxyl groups is 11. The van der Waals surface area contributed by atoms with E-state index in [1.807, 2.05) is 0 Å². The summed E-state index contributed by atoms with van der Waals surface area (Å²) in [6.07, 6.45) is -22.0. The van der Waals surface area contributed by atoms with Crippen LogP contribution in [0.4, 0.5) is 0 Å². The van der Waals surface area contributed by atoms with Gasteiger partial charge in [0.05, 0.1) is 19.8 Å². The van der Waals surface area contributed by atoms with E-state index in [0.29, 0.717) is 0 Å². The zero-order chi connectivity index (χ0) is 25.4. The summed E-state index contributed by atoms with van der Waals surface area (Å²) in [4.78, 5) is 0. The van der Waals surface area contributed by atoms with Gasteiger partial charge in [0.15, 0.2) is 12.6 Å². The first-order valence-electron chi connectivity index (χ1n) is 10.6. The van der Waals surface area contributed by atoms with Crippen molar-refractivity contribution in [2.45, 2.75) is 85.5 Å². The number of ether oxygens (including phenoxy) is 5. The van der Waals surface area contributed by atoms with Crippen LogP contribution in [0, 0.1) is 0 Å². The highest BCUT2D eigenvalue weighted by Crippen LogP contribution is 2.37. The lowest BCUT2D eigenvalue weighted by molar-refractivity contribution is -0.398. The topological polar surface area (TPSA) is 269 Å². The van der Waals surface area contributed by atoms with E-state index in [1.54, 1.807) is 0 Å². The second-order valence-corrected chi connectivity index (χ2v) is 8.37. The Labute approximate surface area is 192 Å². The van der Waals surface area contributed by atoms with Gasteiger partial charge < -0.3 is 79.9 Å². The molecule has 0 bridgehead atoms. The molecule has 0 aromatic rings. The van der Waals surface area contributed by atoms with Crippen molar-refractivity contribution in [3.05, 3.63) is 0 Å².